The lowest BCUT2D eigenvalue weighted by atomic mass is 9.99. The quantitative estimate of drug-likeness (QED) is 0.785. The molecule has 3 rings (SSSR count). The smallest absolute Gasteiger partial charge is 0.135 e. The Bertz CT molecular complexity index is 884. The third-order valence-electron chi connectivity index (χ3n) is 3.11. The monoisotopic (exact) mass is 384 g/mol. The number of amidine groups is 1. The van der Waals surface area contributed by atoms with Gasteiger partial charge in [-0.05, 0) is 40.2 Å². The number of hydrogen-bond acceptors (Lipinski definition) is 3. The average Bonchev–Trinajstić information content (AvgIpc) is 2.67. The van der Waals surface area contributed by atoms with Crippen molar-refractivity contribution in [2.45, 2.75) is 0 Å². The van der Waals surface area contributed by atoms with Crippen molar-refractivity contribution in [3.05, 3.63) is 62.6 Å². The van der Waals surface area contributed by atoms with Crippen LogP contribution in [0, 0.1) is 11.6 Å². The van der Waals surface area contributed by atoms with Crippen molar-refractivity contribution in [1.29, 1.82) is 0 Å². The minimum absolute atomic E-state index is 0.0164. The number of fused-ring (bicyclic) bond motifs is 1. The van der Waals surface area contributed by atoms with Gasteiger partial charge in [-0.2, -0.15) is 0 Å². The molecule has 22 heavy (non-hydrogen) atoms. The Labute approximate surface area is 140 Å². The molecular formula is C15H9BrClF2N3. The van der Waals surface area contributed by atoms with Crippen molar-refractivity contribution in [3.8, 4) is 0 Å². The van der Waals surface area contributed by atoms with Gasteiger partial charge in [0.15, 0.2) is 0 Å². The van der Waals surface area contributed by atoms with Crippen molar-refractivity contribution >= 4 is 44.8 Å². The zero-order valence-electron chi connectivity index (χ0n) is 12.0. The molecule has 0 fully saturated rings. The molecule has 0 aromatic heterocycles. The SMILES string of the molecule is [2H]c1ccc(F)c(C2=NCC(N)=Nc3ccc(Cl)c(Br)c32)c1F. The molecule has 0 spiro atoms. The molecule has 0 amide bonds. The summed E-state index contributed by atoms with van der Waals surface area (Å²) < 4.78 is 36.6. The van der Waals surface area contributed by atoms with Gasteiger partial charge in [-0.3, -0.25) is 4.99 Å². The highest BCUT2D eigenvalue weighted by Crippen LogP contribution is 2.37. The standard InChI is InChI=1S/C15H9BrClF2N3/c16-14-7(17)4-5-10-13(14)15(21-6-11(20)22-10)12-8(18)2-1-3-9(12)19/h1-5H,6H2,(H2,20,22)/i2D. The fourth-order valence-corrected chi connectivity index (χ4v) is 2.84. The van der Waals surface area contributed by atoms with Crippen LogP contribution in [-0.4, -0.2) is 18.1 Å². The minimum atomic E-state index is -0.998. The Kier molecular flexibility index (Phi) is 3.63. The zero-order chi connectivity index (χ0) is 16.7. The summed E-state index contributed by atoms with van der Waals surface area (Å²) in [5.74, 6) is -1.61. The van der Waals surface area contributed by atoms with E-state index in [4.69, 9.17) is 18.7 Å². The number of aliphatic imine (C=N–C) groups is 2. The predicted octanol–water partition coefficient (Wildman–Crippen LogP) is 4.22. The highest BCUT2D eigenvalue weighted by Gasteiger charge is 2.24. The summed E-state index contributed by atoms with van der Waals surface area (Å²) in [5.41, 5.74) is 6.10. The number of benzene rings is 2. The third kappa shape index (κ3) is 2.53. The van der Waals surface area contributed by atoms with Crippen LogP contribution in [0.2, 0.25) is 5.02 Å². The van der Waals surface area contributed by atoms with E-state index in [1.54, 1.807) is 12.1 Å². The second kappa shape index (κ2) is 5.78. The Morgan fingerprint density at radius 3 is 2.77 bits per heavy atom. The maximum absolute atomic E-state index is 14.4. The van der Waals surface area contributed by atoms with Gasteiger partial charge in [-0.1, -0.05) is 17.7 Å². The number of rotatable bonds is 1. The molecular weight excluding hydrogens is 376 g/mol. The Morgan fingerprint density at radius 2 is 2.00 bits per heavy atom. The highest BCUT2D eigenvalue weighted by molar-refractivity contribution is 9.10. The van der Waals surface area contributed by atoms with Crippen LogP contribution < -0.4 is 5.73 Å². The number of halogens is 4. The number of nitrogens with zero attached hydrogens (tertiary/aromatic N) is 2. The summed E-state index contributed by atoms with van der Waals surface area (Å²) in [6, 6.07) is 4.83. The van der Waals surface area contributed by atoms with Gasteiger partial charge in [0.1, 0.15) is 17.5 Å². The zero-order valence-corrected chi connectivity index (χ0v) is 13.3. The molecule has 112 valence electrons. The molecule has 0 saturated heterocycles. The van der Waals surface area contributed by atoms with Crippen molar-refractivity contribution in [1.82, 2.24) is 0 Å². The summed E-state index contributed by atoms with van der Waals surface area (Å²) in [6.07, 6.45) is 0. The second-order valence-corrected chi connectivity index (χ2v) is 5.74. The lowest BCUT2D eigenvalue weighted by molar-refractivity contribution is 0.579. The van der Waals surface area contributed by atoms with Crippen LogP contribution in [0.25, 0.3) is 0 Å². The van der Waals surface area contributed by atoms with Gasteiger partial charge in [-0.25, -0.2) is 13.8 Å². The first kappa shape index (κ1) is 13.8. The number of nitrogens with two attached hydrogens (primary N) is 1. The molecule has 2 aromatic rings. The van der Waals surface area contributed by atoms with E-state index >= 15 is 0 Å². The molecule has 2 aromatic carbocycles. The first-order chi connectivity index (χ1) is 10.9. The highest BCUT2D eigenvalue weighted by atomic mass is 79.9. The van der Waals surface area contributed by atoms with Gasteiger partial charge < -0.3 is 5.73 Å². The molecule has 7 heteroatoms. The Balaban J connectivity index is 2.37. The van der Waals surface area contributed by atoms with Crippen LogP contribution in [0.1, 0.15) is 12.5 Å². The van der Waals surface area contributed by atoms with E-state index in [9.17, 15) is 8.78 Å². The van der Waals surface area contributed by atoms with Crippen LogP contribution in [0.3, 0.4) is 0 Å². The molecule has 1 heterocycles. The van der Waals surface area contributed by atoms with Crippen LogP contribution >= 0.6 is 27.5 Å². The van der Waals surface area contributed by atoms with Crippen molar-refractivity contribution in [2.75, 3.05) is 6.54 Å². The topological polar surface area (TPSA) is 50.7 Å². The van der Waals surface area contributed by atoms with Crippen LogP contribution in [0.4, 0.5) is 14.5 Å². The van der Waals surface area contributed by atoms with Gasteiger partial charge in [0, 0.05) is 10.0 Å². The predicted molar refractivity (Wildman–Crippen MR) is 87.3 cm³/mol. The fourth-order valence-electron chi connectivity index (χ4n) is 2.16. The van der Waals surface area contributed by atoms with Crippen molar-refractivity contribution in [2.24, 2.45) is 15.7 Å². The molecule has 0 saturated carbocycles. The van der Waals surface area contributed by atoms with Crippen LogP contribution in [0.15, 0.2) is 44.8 Å². The van der Waals surface area contributed by atoms with Gasteiger partial charge in [-0.15, -0.1) is 0 Å². The molecule has 1 aliphatic heterocycles. The van der Waals surface area contributed by atoms with Crippen LogP contribution in [0.5, 0.6) is 0 Å². The van der Waals surface area contributed by atoms with Crippen molar-refractivity contribution < 1.29 is 10.2 Å². The van der Waals surface area contributed by atoms with E-state index < -0.39 is 23.2 Å². The first-order valence-corrected chi connectivity index (χ1v) is 7.38. The van der Waals surface area contributed by atoms with Gasteiger partial charge in [0.05, 0.1) is 29.9 Å². The number of hydrogen-bond donors (Lipinski definition) is 1. The second-order valence-electron chi connectivity index (χ2n) is 4.54. The maximum atomic E-state index is 14.4. The largest absolute Gasteiger partial charge is 0.386 e. The summed E-state index contributed by atoms with van der Waals surface area (Å²) in [4.78, 5) is 8.39. The summed E-state index contributed by atoms with van der Waals surface area (Å²) in [6.45, 7) is -0.0187. The normalized spacial score (nSPS) is 14.6. The van der Waals surface area contributed by atoms with E-state index in [2.05, 4.69) is 25.9 Å². The third-order valence-corrected chi connectivity index (χ3v) is 4.47. The molecule has 0 aliphatic carbocycles. The molecule has 0 unspecified atom stereocenters. The van der Waals surface area contributed by atoms with Gasteiger partial charge >= 0.3 is 0 Å². The van der Waals surface area contributed by atoms with Crippen molar-refractivity contribution in [3.63, 3.8) is 0 Å². The van der Waals surface area contributed by atoms with E-state index in [-0.39, 0.29) is 18.1 Å². The van der Waals surface area contributed by atoms with E-state index in [1.165, 1.54) is 0 Å². The van der Waals surface area contributed by atoms with E-state index in [0.717, 1.165) is 12.1 Å². The average molecular weight is 386 g/mol. The van der Waals surface area contributed by atoms with Gasteiger partial charge in [0.2, 0.25) is 0 Å². The van der Waals surface area contributed by atoms with E-state index in [1.807, 2.05) is 0 Å². The minimum Gasteiger partial charge on any atom is -0.386 e. The summed E-state index contributed by atoms with van der Waals surface area (Å²) in [7, 11) is 0. The fraction of sp³-hybridized carbons (Fsp3) is 0.0667. The molecule has 2 N–H and O–H groups in total. The molecule has 0 atom stereocenters. The molecule has 0 radical (unpaired) electrons. The van der Waals surface area contributed by atoms with E-state index in [0.29, 0.717) is 20.7 Å². The summed E-state index contributed by atoms with van der Waals surface area (Å²) in [5, 5.41) is 0.343. The molecule has 1 aliphatic rings. The molecule has 3 nitrogen and oxygen atoms in total. The van der Waals surface area contributed by atoms with Crippen LogP contribution in [-0.2, 0) is 0 Å². The van der Waals surface area contributed by atoms with Gasteiger partial charge in [0.25, 0.3) is 0 Å². The lowest BCUT2D eigenvalue weighted by Crippen LogP contribution is -2.15. The maximum Gasteiger partial charge on any atom is 0.135 e. The summed E-state index contributed by atoms with van der Waals surface area (Å²) >= 11 is 9.40. The lowest BCUT2D eigenvalue weighted by Gasteiger charge is -2.13. The Morgan fingerprint density at radius 1 is 1.23 bits per heavy atom. The first-order valence-electron chi connectivity index (χ1n) is 6.71. The molecule has 0 bridgehead atoms. The Hall–Kier alpha value is -1.79.